The summed E-state index contributed by atoms with van der Waals surface area (Å²) in [6.45, 7) is 12.3. The molecule has 7 nitrogen and oxygen atoms in total. The van der Waals surface area contributed by atoms with Crippen LogP contribution < -0.4 is 4.90 Å². The van der Waals surface area contributed by atoms with Crippen molar-refractivity contribution >= 4 is 36.3 Å². The van der Waals surface area contributed by atoms with Gasteiger partial charge in [-0.3, -0.25) is 9.69 Å². The first-order valence-corrected chi connectivity index (χ1v) is 17.5. The Balaban J connectivity index is 1.39. The highest BCUT2D eigenvalue weighted by Gasteiger charge is 2.45. The monoisotopic (exact) mass is 537 g/mol. The normalized spacial score (nSPS) is 16.1. The van der Waals surface area contributed by atoms with Crippen molar-refractivity contribution in [1.29, 1.82) is 5.26 Å². The van der Waals surface area contributed by atoms with Gasteiger partial charge in [-0.25, -0.2) is 4.68 Å². The molecule has 2 aliphatic rings. The predicted molar refractivity (Wildman–Crippen MR) is 157 cm³/mol. The van der Waals surface area contributed by atoms with E-state index in [1.807, 2.05) is 35.6 Å². The van der Waals surface area contributed by atoms with Gasteiger partial charge in [-0.15, -0.1) is 0 Å². The molecule has 4 aromatic rings. The Kier molecular flexibility index (Phi) is 6.05. The van der Waals surface area contributed by atoms with Gasteiger partial charge >= 0.3 is 0 Å². The molecule has 0 spiro atoms. The number of anilines is 2. The van der Waals surface area contributed by atoms with Crippen LogP contribution in [0.15, 0.2) is 42.6 Å². The lowest BCUT2D eigenvalue weighted by Gasteiger charge is -2.20. The van der Waals surface area contributed by atoms with Gasteiger partial charge in [0.15, 0.2) is 0 Å². The van der Waals surface area contributed by atoms with E-state index in [0.717, 1.165) is 71.1 Å². The first kappa shape index (κ1) is 25.6. The lowest BCUT2D eigenvalue weighted by Crippen LogP contribution is -2.33. The van der Waals surface area contributed by atoms with Crippen LogP contribution in [-0.4, -0.2) is 35.4 Å². The summed E-state index contributed by atoms with van der Waals surface area (Å²) < 4.78 is 7.91. The van der Waals surface area contributed by atoms with Crippen LogP contribution >= 0.6 is 0 Å². The number of aromatic amines is 1. The molecule has 3 heterocycles. The molecule has 0 radical (unpaired) electrons. The lowest BCUT2D eigenvalue weighted by atomic mass is 9.85. The number of hydrogen-bond donors (Lipinski definition) is 1. The molecule has 0 atom stereocenters. The van der Waals surface area contributed by atoms with E-state index < -0.39 is 13.5 Å². The Labute approximate surface area is 230 Å². The van der Waals surface area contributed by atoms with E-state index >= 15 is 0 Å². The molecular weight excluding hydrogens is 502 g/mol. The van der Waals surface area contributed by atoms with Crippen LogP contribution in [0.1, 0.15) is 42.5 Å². The van der Waals surface area contributed by atoms with Gasteiger partial charge in [0.25, 0.3) is 0 Å². The molecule has 0 fully saturated rings. The van der Waals surface area contributed by atoms with Crippen molar-refractivity contribution < 1.29 is 9.53 Å². The van der Waals surface area contributed by atoms with E-state index in [1.54, 1.807) is 12.1 Å². The second kappa shape index (κ2) is 9.21. The Hall–Kier alpha value is -3.67. The average Bonchev–Trinajstić information content (AvgIpc) is 3.48. The van der Waals surface area contributed by atoms with E-state index in [9.17, 15) is 10.1 Å². The van der Waals surface area contributed by atoms with E-state index in [1.165, 1.54) is 11.1 Å². The summed E-state index contributed by atoms with van der Waals surface area (Å²) in [5.74, 6) is 0.0381. The summed E-state index contributed by atoms with van der Waals surface area (Å²) >= 11 is 0. The van der Waals surface area contributed by atoms with Gasteiger partial charge in [0, 0.05) is 37.5 Å². The molecule has 1 N–H and O–H groups in total. The largest absolute Gasteiger partial charge is 0.360 e. The molecule has 6 rings (SSSR count). The first-order valence-electron chi connectivity index (χ1n) is 13.7. The van der Waals surface area contributed by atoms with Gasteiger partial charge in [-0.05, 0) is 92.2 Å². The zero-order chi connectivity index (χ0) is 27.5. The van der Waals surface area contributed by atoms with Crippen molar-refractivity contribution in [2.24, 2.45) is 0 Å². The van der Waals surface area contributed by atoms with Gasteiger partial charge < -0.3 is 9.72 Å². The van der Waals surface area contributed by atoms with Crippen LogP contribution in [0.25, 0.3) is 22.3 Å². The fourth-order valence-corrected chi connectivity index (χ4v) is 6.55. The number of carbonyl (C=O) groups excluding carboxylic acids is 1. The highest BCUT2D eigenvalue weighted by Crippen LogP contribution is 2.48. The second-order valence-electron chi connectivity index (χ2n) is 12.6. The zero-order valence-corrected chi connectivity index (χ0v) is 24.4. The summed E-state index contributed by atoms with van der Waals surface area (Å²) in [6, 6.07) is 14.9. The minimum atomic E-state index is -1.13. The third kappa shape index (κ3) is 4.40. The number of nitrogens with one attached hydrogen (secondary N) is 1. The third-order valence-electron chi connectivity index (χ3n) is 8.10. The molecule has 1 aliphatic heterocycles. The molecule has 1 aliphatic carbocycles. The van der Waals surface area contributed by atoms with E-state index in [2.05, 4.69) is 49.0 Å². The van der Waals surface area contributed by atoms with Gasteiger partial charge in [-0.2, -0.15) is 10.4 Å². The third-order valence-corrected chi connectivity index (χ3v) is 9.80. The summed E-state index contributed by atoms with van der Waals surface area (Å²) in [4.78, 5) is 19.1. The van der Waals surface area contributed by atoms with E-state index in [-0.39, 0.29) is 5.91 Å². The number of ether oxygens (including phenoxy) is 1. The van der Waals surface area contributed by atoms with Crippen molar-refractivity contribution in [3.63, 3.8) is 0 Å². The van der Waals surface area contributed by atoms with Crippen LogP contribution in [0.3, 0.4) is 0 Å². The maximum atomic E-state index is 13.6. The number of hydrogen-bond acceptors (Lipinski definition) is 4. The van der Waals surface area contributed by atoms with Gasteiger partial charge in [0.1, 0.15) is 12.4 Å². The number of rotatable bonds is 6. The van der Waals surface area contributed by atoms with Crippen molar-refractivity contribution in [3.8, 4) is 17.5 Å². The topological polar surface area (TPSA) is 86.9 Å². The number of carbonyl (C=O) groups is 1. The quantitative estimate of drug-likeness (QED) is 0.220. The Morgan fingerprint density at radius 1 is 1.15 bits per heavy atom. The van der Waals surface area contributed by atoms with Crippen molar-refractivity contribution in [2.45, 2.75) is 70.9 Å². The maximum absolute atomic E-state index is 13.6. The molecule has 8 heteroatoms. The summed E-state index contributed by atoms with van der Waals surface area (Å²) in [7, 11) is -1.13. The lowest BCUT2D eigenvalue weighted by molar-refractivity contribution is -0.121. The average molecular weight is 538 g/mol. The molecule has 39 heavy (non-hydrogen) atoms. The number of amides is 1. The van der Waals surface area contributed by atoms with Crippen molar-refractivity contribution in [2.75, 3.05) is 11.5 Å². The smallest absolute Gasteiger partial charge is 0.241 e. The maximum Gasteiger partial charge on any atom is 0.241 e. The van der Waals surface area contributed by atoms with E-state index in [0.29, 0.717) is 12.3 Å². The standard InChI is InChI=1S/C31H35N5O2Si/c1-31(2)25-16-26-24(15-27(25)36(30(31)37)22-11-9-20(17-32)10-12-22)23-8-6-7-21-18-35(34-28(21)29(23)33-26)19-38-13-14-39(3,4)5/h9-12,15-16,18,33H,6-8,13-14,19H2,1-5H3. The molecule has 0 unspecified atom stereocenters. The zero-order valence-electron chi connectivity index (χ0n) is 23.4. The van der Waals surface area contributed by atoms with Crippen LogP contribution in [0, 0.1) is 11.3 Å². The predicted octanol–water partition coefficient (Wildman–Crippen LogP) is 6.66. The SMILES string of the molecule is CC1(C)C(=O)N(c2ccc(C#N)cc2)c2cc3c4c([nH]c3cc21)-c1nn(COCC[Si](C)(C)C)cc1CCC4. The molecule has 0 saturated heterocycles. The van der Waals surface area contributed by atoms with E-state index in [4.69, 9.17) is 9.84 Å². The molecule has 0 saturated carbocycles. The molecular formula is C31H35N5O2Si. The number of aromatic nitrogens is 3. The minimum Gasteiger partial charge on any atom is -0.360 e. The Morgan fingerprint density at radius 3 is 2.64 bits per heavy atom. The van der Waals surface area contributed by atoms with Gasteiger partial charge in [-0.1, -0.05) is 19.6 Å². The highest BCUT2D eigenvalue weighted by molar-refractivity contribution is 6.76. The minimum absolute atomic E-state index is 0.0381. The number of fused-ring (bicyclic) bond motifs is 6. The molecule has 0 bridgehead atoms. The number of H-pyrrole nitrogens is 1. The van der Waals surface area contributed by atoms with Crippen LogP contribution in [0.5, 0.6) is 0 Å². The summed E-state index contributed by atoms with van der Waals surface area (Å²) in [5.41, 5.74) is 8.23. The molecule has 200 valence electrons. The summed E-state index contributed by atoms with van der Waals surface area (Å²) in [5, 5.41) is 15.3. The second-order valence-corrected chi connectivity index (χ2v) is 18.2. The Bertz CT molecular complexity index is 1630. The summed E-state index contributed by atoms with van der Waals surface area (Å²) in [6.07, 6.45) is 5.10. The first-order chi connectivity index (χ1) is 18.6. The number of nitriles is 1. The van der Waals surface area contributed by atoms with Crippen LogP contribution in [0.2, 0.25) is 25.7 Å². The van der Waals surface area contributed by atoms with Crippen molar-refractivity contribution in [1.82, 2.24) is 14.8 Å². The molecule has 2 aromatic heterocycles. The van der Waals surface area contributed by atoms with Gasteiger partial charge in [0.05, 0.1) is 28.4 Å². The number of benzene rings is 2. The molecule has 1 amide bonds. The number of aryl methyl sites for hydroxylation is 2. The fraction of sp³-hybridized carbons (Fsp3) is 0.387. The number of nitrogens with zero attached hydrogens (tertiary/aromatic N) is 4. The highest BCUT2D eigenvalue weighted by atomic mass is 28.3. The Morgan fingerprint density at radius 2 is 1.92 bits per heavy atom. The van der Waals surface area contributed by atoms with Gasteiger partial charge in [0.2, 0.25) is 5.91 Å². The van der Waals surface area contributed by atoms with Crippen LogP contribution in [0.4, 0.5) is 11.4 Å². The van der Waals surface area contributed by atoms with Crippen molar-refractivity contribution in [3.05, 3.63) is 64.8 Å². The van der Waals surface area contributed by atoms with Crippen LogP contribution in [-0.2, 0) is 34.5 Å². The molecule has 2 aromatic carbocycles. The fourth-order valence-electron chi connectivity index (χ4n) is 5.79.